The predicted molar refractivity (Wildman–Crippen MR) is 113 cm³/mol. The van der Waals surface area contributed by atoms with Gasteiger partial charge in [0.1, 0.15) is 5.69 Å². The van der Waals surface area contributed by atoms with Crippen molar-refractivity contribution in [2.75, 3.05) is 18.4 Å². The largest absolute Gasteiger partial charge is 0.337 e. The molecule has 4 rings (SSSR count). The molecule has 0 spiro atoms. The van der Waals surface area contributed by atoms with Crippen molar-refractivity contribution in [1.82, 2.24) is 14.5 Å². The Labute approximate surface area is 172 Å². The summed E-state index contributed by atoms with van der Waals surface area (Å²) >= 11 is 0. The van der Waals surface area contributed by atoms with Crippen molar-refractivity contribution in [3.63, 3.8) is 0 Å². The second-order valence-electron chi connectivity index (χ2n) is 8.64. The minimum absolute atomic E-state index is 0.0204. The summed E-state index contributed by atoms with van der Waals surface area (Å²) in [4.78, 5) is 32.7. The molecule has 2 aromatic rings. The van der Waals surface area contributed by atoms with E-state index in [0.29, 0.717) is 17.4 Å². The molecule has 1 aromatic carbocycles. The summed E-state index contributed by atoms with van der Waals surface area (Å²) in [5, 5.41) is 2.98. The number of hydrogen-bond donors (Lipinski definition) is 1. The number of piperidine rings is 1. The average Bonchev–Trinajstić information content (AvgIpc) is 3.07. The molecule has 0 atom stereocenters. The molecule has 2 aliphatic heterocycles. The van der Waals surface area contributed by atoms with E-state index in [1.165, 1.54) is 0 Å². The number of fused-ring (bicyclic) bond motifs is 1. The van der Waals surface area contributed by atoms with Crippen LogP contribution in [0.1, 0.15) is 70.5 Å². The first-order valence-corrected chi connectivity index (χ1v) is 10.7. The summed E-state index contributed by atoms with van der Waals surface area (Å²) in [5.74, 6) is 0.749. The van der Waals surface area contributed by atoms with Gasteiger partial charge >= 0.3 is 0 Å². The first-order valence-electron chi connectivity index (χ1n) is 10.7. The maximum absolute atomic E-state index is 13.2. The van der Waals surface area contributed by atoms with Gasteiger partial charge in [0.2, 0.25) is 0 Å². The quantitative estimate of drug-likeness (QED) is 0.857. The third kappa shape index (κ3) is 4.07. The fraction of sp³-hybridized carbons (Fsp3) is 0.522. The van der Waals surface area contributed by atoms with Crippen molar-refractivity contribution in [2.45, 2.75) is 59.4 Å². The molecular weight excluding hydrogens is 364 g/mol. The molecule has 2 aliphatic rings. The molecule has 0 bridgehead atoms. The number of anilines is 1. The monoisotopic (exact) mass is 394 g/mol. The van der Waals surface area contributed by atoms with E-state index < -0.39 is 0 Å². The van der Waals surface area contributed by atoms with Gasteiger partial charge in [-0.25, -0.2) is 4.98 Å². The third-order valence-electron chi connectivity index (χ3n) is 6.07. The average molecular weight is 395 g/mol. The third-order valence-corrected chi connectivity index (χ3v) is 6.07. The molecule has 3 heterocycles. The van der Waals surface area contributed by atoms with E-state index >= 15 is 0 Å². The molecule has 6 heteroatoms. The maximum Gasteiger partial charge on any atom is 0.291 e. The number of hydrogen-bond acceptors (Lipinski definition) is 3. The van der Waals surface area contributed by atoms with Crippen molar-refractivity contribution in [1.29, 1.82) is 0 Å². The Morgan fingerprint density at radius 2 is 1.72 bits per heavy atom. The number of carbonyl (C=O) groups excluding carboxylic acids is 2. The number of amides is 2. The molecule has 0 aliphatic carbocycles. The molecule has 29 heavy (non-hydrogen) atoms. The number of imidazole rings is 1. The second-order valence-corrected chi connectivity index (χ2v) is 8.64. The van der Waals surface area contributed by atoms with Crippen LogP contribution in [-0.4, -0.2) is 39.4 Å². The van der Waals surface area contributed by atoms with Gasteiger partial charge < -0.3 is 14.8 Å². The van der Waals surface area contributed by atoms with Crippen molar-refractivity contribution < 1.29 is 9.59 Å². The number of nitrogens with one attached hydrogen (secondary N) is 1. The number of benzene rings is 1. The molecule has 154 valence electrons. The standard InChI is InChI=1S/C23H30N4O2/c1-15-7-10-26(11-8-15)23(29)20-19-6-4-5-9-27(19)21(25-20)22(28)24-18-13-16(2)12-17(3)14-18/h12-15H,4-11H2,1-3H3,(H,24,28). The van der Waals surface area contributed by atoms with Crippen molar-refractivity contribution >= 4 is 17.5 Å². The van der Waals surface area contributed by atoms with E-state index in [2.05, 4.69) is 23.3 Å². The van der Waals surface area contributed by atoms with Crippen LogP contribution >= 0.6 is 0 Å². The van der Waals surface area contributed by atoms with Crippen LogP contribution in [0.15, 0.2) is 18.2 Å². The highest BCUT2D eigenvalue weighted by molar-refractivity contribution is 6.03. The smallest absolute Gasteiger partial charge is 0.291 e. The van der Waals surface area contributed by atoms with Crippen LogP contribution < -0.4 is 5.32 Å². The van der Waals surface area contributed by atoms with Crippen molar-refractivity contribution in [2.24, 2.45) is 5.92 Å². The van der Waals surface area contributed by atoms with Crippen LogP contribution in [0.2, 0.25) is 0 Å². The Hall–Kier alpha value is -2.63. The SMILES string of the molecule is Cc1cc(C)cc(NC(=O)c2nc(C(=O)N3CCC(C)CC3)c3n2CCCC3)c1. The second kappa shape index (κ2) is 8.01. The molecule has 1 N–H and O–H groups in total. The van der Waals surface area contributed by atoms with Gasteiger partial charge in [-0.1, -0.05) is 13.0 Å². The Bertz CT molecular complexity index is 918. The fourth-order valence-electron chi connectivity index (χ4n) is 4.48. The summed E-state index contributed by atoms with van der Waals surface area (Å²) < 4.78 is 1.96. The molecule has 0 saturated carbocycles. The van der Waals surface area contributed by atoms with E-state index in [1.807, 2.05) is 35.4 Å². The Balaban J connectivity index is 1.62. The fourth-order valence-corrected chi connectivity index (χ4v) is 4.48. The maximum atomic E-state index is 13.2. The summed E-state index contributed by atoms with van der Waals surface area (Å²) in [6, 6.07) is 5.97. The highest BCUT2D eigenvalue weighted by Crippen LogP contribution is 2.25. The number of aryl methyl sites for hydroxylation is 2. The van der Waals surface area contributed by atoms with Crippen LogP contribution in [0.5, 0.6) is 0 Å². The Morgan fingerprint density at radius 3 is 2.41 bits per heavy atom. The Morgan fingerprint density at radius 1 is 1.03 bits per heavy atom. The van der Waals surface area contributed by atoms with Gasteiger partial charge in [0, 0.05) is 25.3 Å². The van der Waals surface area contributed by atoms with E-state index in [9.17, 15) is 9.59 Å². The van der Waals surface area contributed by atoms with Gasteiger partial charge in [0.15, 0.2) is 5.82 Å². The van der Waals surface area contributed by atoms with Crippen LogP contribution in [0, 0.1) is 19.8 Å². The molecule has 1 fully saturated rings. The van der Waals surface area contributed by atoms with Crippen molar-refractivity contribution in [3.8, 4) is 0 Å². The van der Waals surface area contributed by atoms with Gasteiger partial charge in [-0.3, -0.25) is 9.59 Å². The first-order chi connectivity index (χ1) is 13.9. The zero-order valence-corrected chi connectivity index (χ0v) is 17.6. The van der Waals surface area contributed by atoms with Gasteiger partial charge in [-0.2, -0.15) is 0 Å². The zero-order valence-electron chi connectivity index (χ0n) is 17.6. The minimum atomic E-state index is -0.246. The van der Waals surface area contributed by atoms with Crippen LogP contribution in [0.4, 0.5) is 5.69 Å². The molecular formula is C23H30N4O2. The minimum Gasteiger partial charge on any atom is -0.337 e. The van der Waals surface area contributed by atoms with E-state index in [-0.39, 0.29) is 11.8 Å². The summed E-state index contributed by atoms with van der Waals surface area (Å²) in [7, 11) is 0. The van der Waals surface area contributed by atoms with E-state index in [4.69, 9.17) is 0 Å². The summed E-state index contributed by atoms with van der Waals surface area (Å²) in [6.07, 6.45) is 4.89. The molecule has 1 saturated heterocycles. The number of nitrogens with zero attached hydrogens (tertiary/aromatic N) is 3. The molecule has 0 radical (unpaired) electrons. The number of carbonyl (C=O) groups is 2. The highest BCUT2D eigenvalue weighted by atomic mass is 16.2. The van der Waals surface area contributed by atoms with E-state index in [1.54, 1.807) is 0 Å². The first kappa shape index (κ1) is 19.7. The number of rotatable bonds is 3. The van der Waals surface area contributed by atoms with Crippen LogP contribution in [0.3, 0.4) is 0 Å². The molecule has 0 unspecified atom stereocenters. The summed E-state index contributed by atoms with van der Waals surface area (Å²) in [5.41, 5.74) is 4.36. The lowest BCUT2D eigenvalue weighted by molar-refractivity contribution is 0.0690. The van der Waals surface area contributed by atoms with Crippen LogP contribution in [-0.2, 0) is 13.0 Å². The summed E-state index contributed by atoms with van der Waals surface area (Å²) in [6.45, 7) is 8.54. The van der Waals surface area contributed by atoms with Gasteiger partial charge in [-0.15, -0.1) is 0 Å². The molecule has 2 amide bonds. The molecule has 6 nitrogen and oxygen atoms in total. The molecule has 1 aromatic heterocycles. The number of likely N-dealkylation sites (tertiary alicyclic amines) is 1. The topological polar surface area (TPSA) is 67.2 Å². The predicted octanol–water partition coefficient (Wildman–Crippen LogP) is 3.96. The van der Waals surface area contributed by atoms with Crippen molar-refractivity contribution in [3.05, 3.63) is 46.5 Å². The lowest BCUT2D eigenvalue weighted by Crippen LogP contribution is -2.38. The van der Waals surface area contributed by atoms with Gasteiger partial charge in [0.25, 0.3) is 11.8 Å². The normalized spacial score (nSPS) is 17.1. The van der Waals surface area contributed by atoms with Gasteiger partial charge in [0.05, 0.1) is 5.69 Å². The Kier molecular flexibility index (Phi) is 5.43. The van der Waals surface area contributed by atoms with Crippen LogP contribution in [0.25, 0.3) is 0 Å². The van der Waals surface area contributed by atoms with E-state index in [0.717, 1.165) is 74.2 Å². The lowest BCUT2D eigenvalue weighted by Gasteiger charge is -2.30. The number of aromatic nitrogens is 2. The zero-order chi connectivity index (χ0) is 20.5. The lowest BCUT2D eigenvalue weighted by atomic mass is 9.98. The van der Waals surface area contributed by atoms with Gasteiger partial charge in [-0.05, 0) is 75.1 Å². The highest BCUT2D eigenvalue weighted by Gasteiger charge is 2.31.